The van der Waals surface area contributed by atoms with Crippen molar-refractivity contribution in [3.63, 3.8) is 0 Å². The number of rotatable bonds is 3. The number of benzene rings is 1. The van der Waals surface area contributed by atoms with Gasteiger partial charge in [-0.05, 0) is 30.9 Å². The molecule has 7 heteroatoms. The highest BCUT2D eigenvalue weighted by molar-refractivity contribution is 5.50. The summed E-state index contributed by atoms with van der Waals surface area (Å²) in [6.45, 7) is 1.76. The molecule has 0 radical (unpaired) electrons. The number of hydrogen-bond acceptors (Lipinski definition) is 5. The van der Waals surface area contributed by atoms with E-state index in [-0.39, 0.29) is 11.8 Å². The van der Waals surface area contributed by atoms with E-state index in [9.17, 15) is 8.78 Å². The summed E-state index contributed by atoms with van der Waals surface area (Å²) in [6, 6.07) is 3.61. The van der Waals surface area contributed by atoms with Crippen molar-refractivity contribution in [2.24, 2.45) is 0 Å². The predicted molar refractivity (Wildman–Crippen MR) is 71.0 cm³/mol. The molecular formula is C15H11F2N3O2. The molecule has 3 aromatic rings. The molecule has 0 N–H and O–H groups in total. The van der Waals surface area contributed by atoms with E-state index in [1.165, 1.54) is 18.5 Å². The Morgan fingerprint density at radius 3 is 2.82 bits per heavy atom. The highest BCUT2D eigenvalue weighted by Gasteiger charge is 2.45. The molecule has 2 aromatic heterocycles. The SMILES string of the molecule is Cc1ocnc1-c1noc([C@@H]2C[C@H]2c2ccc(F)cc2F)n1. The summed E-state index contributed by atoms with van der Waals surface area (Å²) < 4.78 is 37.1. The first-order chi connectivity index (χ1) is 10.6. The molecular weight excluding hydrogens is 292 g/mol. The molecule has 0 bridgehead atoms. The number of aryl methyl sites for hydroxylation is 1. The lowest BCUT2D eigenvalue weighted by atomic mass is 10.1. The van der Waals surface area contributed by atoms with Crippen LogP contribution in [0.15, 0.2) is 33.5 Å². The van der Waals surface area contributed by atoms with Gasteiger partial charge in [0.25, 0.3) is 0 Å². The summed E-state index contributed by atoms with van der Waals surface area (Å²) in [6.07, 6.45) is 2.01. The average Bonchev–Trinajstić information content (AvgIpc) is 2.92. The largest absolute Gasteiger partial charge is 0.448 e. The fourth-order valence-corrected chi connectivity index (χ4v) is 2.62. The Bertz CT molecular complexity index is 843. The molecule has 0 aliphatic heterocycles. The third-order valence-corrected chi connectivity index (χ3v) is 3.87. The summed E-state index contributed by atoms with van der Waals surface area (Å²) in [5.74, 6) is 0.155. The third kappa shape index (κ3) is 2.09. The first kappa shape index (κ1) is 13.1. The molecule has 2 atom stereocenters. The topological polar surface area (TPSA) is 65.0 Å². The molecule has 0 amide bonds. The van der Waals surface area contributed by atoms with Crippen LogP contribution in [-0.4, -0.2) is 15.1 Å². The lowest BCUT2D eigenvalue weighted by molar-refractivity contribution is 0.378. The van der Waals surface area contributed by atoms with Crippen LogP contribution in [-0.2, 0) is 0 Å². The Hall–Kier alpha value is -2.57. The zero-order chi connectivity index (χ0) is 15.3. The Morgan fingerprint density at radius 2 is 2.09 bits per heavy atom. The van der Waals surface area contributed by atoms with E-state index >= 15 is 0 Å². The second kappa shape index (κ2) is 4.72. The molecule has 22 heavy (non-hydrogen) atoms. The van der Waals surface area contributed by atoms with Gasteiger partial charge < -0.3 is 8.94 Å². The maximum Gasteiger partial charge on any atom is 0.230 e. The van der Waals surface area contributed by atoms with Crippen molar-refractivity contribution in [3.8, 4) is 11.5 Å². The number of hydrogen-bond donors (Lipinski definition) is 0. The van der Waals surface area contributed by atoms with Crippen LogP contribution in [0.1, 0.15) is 35.5 Å². The number of oxazole rings is 1. The Morgan fingerprint density at radius 1 is 1.23 bits per heavy atom. The van der Waals surface area contributed by atoms with Crippen LogP contribution < -0.4 is 0 Å². The van der Waals surface area contributed by atoms with Crippen molar-refractivity contribution in [1.29, 1.82) is 0 Å². The van der Waals surface area contributed by atoms with Gasteiger partial charge in [0.05, 0.1) is 0 Å². The second-order valence-corrected chi connectivity index (χ2v) is 5.33. The van der Waals surface area contributed by atoms with Gasteiger partial charge in [0.15, 0.2) is 12.1 Å². The molecule has 0 spiro atoms. The summed E-state index contributed by atoms with van der Waals surface area (Å²) >= 11 is 0. The number of halogens is 2. The Labute approximate surface area is 124 Å². The van der Waals surface area contributed by atoms with Crippen LogP contribution in [0.3, 0.4) is 0 Å². The van der Waals surface area contributed by atoms with Crippen molar-refractivity contribution in [2.75, 3.05) is 0 Å². The van der Waals surface area contributed by atoms with Crippen LogP contribution in [0, 0.1) is 18.6 Å². The first-order valence-electron chi connectivity index (χ1n) is 6.82. The molecule has 1 saturated carbocycles. The minimum atomic E-state index is -0.583. The zero-order valence-corrected chi connectivity index (χ0v) is 11.6. The van der Waals surface area contributed by atoms with Crippen LogP contribution in [0.5, 0.6) is 0 Å². The van der Waals surface area contributed by atoms with E-state index in [0.29, 0.717) is 35.2 Å². The van der Waals surface area contributed by atoms with Crippen LogP contribution in [0.4, 0.5) is 8.78 Å². The van der Waals surface area contributed by atoms with Crippen LogP contribution >= 0.6 is 0 Å². The van der Waals surface area contributed by atoms with Gasteiger partial charge >= 0.3 is 0 Å². The highest BCUT2D eigenvalue weighted by atomic mass is 19.1. The first-order valence-corrected chi connectivity index (χ1v) is 6.82. The molecule has 1 aromatic carbocycles. The summed E-state index contributed by atoms with van der Waals surface area (Å²) in [4.78, 5) is 8.33. The molecule has 0 unspecified atom stereocenters. The standard InChI is InChI=1S/C15H11F2N3O2/c1-7-13(18-6-21-7)14-19-15(22-20-14)11-5-10(11)9-3-2-8(16)4-12(9)17/h2-4,6,10-11H,5H2,1H3/t10-,11+/m0/s1. The van der Waals surface area contributed by atoms with E-state index in [4.69, 9.17) is 8.94 Å². The fourth-order valence-electron chi connectivity index (χ4n) is 2.62. The van der Waals surface area contributed by atoms with Gasteiger partial charge in [-0.25, -0.2) is 13.8 Å². The van der Waals surface area contributed by atoms with E-state index < -0.39 is 11.6 Å². The van der Waals surface area contributed by atoms with Crippen LogP contribution in [0.2, 0.25) is 0 Å². The van der Waals surface area contributed by atoms with E-state index in [0.717, 1.165) is 6.07 Å². The molecule has 2 heterocycles. The van der Waals surface area contributed by atoms with Gasteiger partial charge in [-0.15, -0.1) is 0 Å². The Balaban J connectivity index is 1.58. The fraction of sp³-hybridized carbons (Fsp3) is 0.267. The molecule has 1 aliphatic carbocycles. The van der Waals surface area contributed by atoms with Gasteiger partial charge in [-0.2, -0.15) is 4.98 Å². The summed E-state index contributed by atoms with van der Waals surface area (Å²) in [5, 5.41) is 3.88. The summed E-state index contributed by atoms with van der Waals surface area (Å²) in [5.41, 5.74) is 1.00. The molecule has 0 saturated heterocycles. The third-order valence-electron chi connectivity index (χ3n) is 3.87. The van der Waals surface area contributed by atoms with E-state index in [2.05, 4.69) is 15.1 Å². The minimum absolute atomic E-state index is 0.0478. The van der Waals surface area contributed by atoms with Crippen molar-refractivity contribution in [1.82, 2.24) is 15.1 Å². The molecule has 1 fully saturated rings. The predicted octanol–water partition coefficient (Wildman–Crippen LogP) is 3.58. The average molecular weight is 303 g/mol. The van der Waals surface area contributed by atoms with Crippen molar-refractivity contribution < 1.29 is 17.7 Å². The zero-order valence-electron chi connectivity index (χ0n) is 11.6. The van der Waals surface area contributed by atoms with Crippen molar-refractivity contribution in [2.45, 2.75) is 25.2 Å². The van der Waals surface area contributed by atoms with E-state index in [1.807, 2.05) is 0 Å². The lowest BCUT2D eigenvalue weighted by Crippen LogP contribution is -1.91. The van der Waals surface area contributed by atoms with Crippen LogP contribution in [0.25, 0.3) is 11.5 Å². The monoisotopic (exact) mass is 303 g/mol. The maximum atomic E-state index is 13.8. The maximum absolute atomic E-state index is 13.8. The van der Waals surface area contributed by atoms with Gasteiger partial charge in [0, 0.05) is 12.0 Å². The molecule has 4 rings (SSSR count). The second-order valence-electron chi connectivity index (χ2n) is 5.33. The minimum Gasteiger partial charge on any atom is -0.448 e. The van der Waals surface area contributed by atoms with Gasteiger partial charge in [0.1, 0.15) is 17.4 Å². The van der Waals surface area contributed by atoms with E-state index in [1.54, 1.807) is 6.92 Å². The van der Waals surface area contributed by atoms with Gasteiger partial charge in [0.2, 0.25) is 11.7 Å². The molecule has 112 valence electrons. The van der Waals surface area contributed by atoms with Gasteiger partial charge in [-0.1, -0.05) is 11.2 Å². The van der Waals surface area contributed by atoms with Crippen molar-refractivity contribution >= 4 is 0 Å². The molecule has 5 nitrogen and oxygen atoms in total. The number of aromatic nitrogens is 3. The smallest absolute Gasteiger partial charge is 0.230 e. The molecule has 1 aliphatic rings. The quantitative estimate of drug-likeness (QED) is 0.740. The highest BCUT2D eigenvalue weighted by Crippen LogP contribution is 2.54. The Kier molecular flexibility index (Phi) is 2.82. The van der Waals surface area contributed by atoms with Crippen molar-refractivity contribution in [3.05, 3.63) is 53.4 Å². The number of nitrogens with zero attached hydrogens (tertiary/aromatic N) is 3. The van der Waals surface area contributed by atoms with Gasteiger partial charge in [-0.3, -0.25) is 0 Å². The normalized spacial score (nSPS) is 20.3. The lowest BCUT2D eigenvalue weighted by Gasteiger charge is -2.00. The summed E-state index contributed by atoms with van der Waals surface area (Å²) in [7, 11) is 0.